The van der Waals surface area contributed by atoms with E-state index in [1.807, 2.05) is 0 Å². The zero-order chi connectivity index (χ0) is 14.4. The van der Waals surface area contributed by atoms with E-state index in [1.54, 1.807) is 36.4 Å². The minimum absolute atomic E-state index is 0.201. The number of nitrogens with one attached hydrogen (secondary N) is 1. The van der Waals surface area contributed by atoms with Gasteiger partial charge in [0.25, 0.3) is 5.91 Å². The zero-order valence-electron chi connectivity index (χ0n) is 10.8. The van der Waals surface area contributed by atoms with Gasteiger partial charge < -0.3 is 15.8 Å². The molecule has 3 N–H and O–H groups in total. The van der Waals surface area contributed by atoms with Gasteiger partial charge in [-0.05, 0) is 36.4 Å². The number of anilines is 1. The van der Waals surface area contributed by atoms with E-state index in [4.69, 9.17) is 10.5 Å². The van der Waals surface area contributed by atoms with E-state index in [0.717, 1.165) is 0 Å². The lowest BCUT2D eigenvalue weighted by atomic mass is 10.2. The molecule has 0 unspecified atom stereocenters. The van der Waals surface area contributed by atoms with Crippen LogP contribution in [0.25, 0.3) is 0 Å². The Labute approximate surface area is 116 Å². The number of hydrogen-bond donors (Lipinski definition) is 2. The van der Waals surface area contributed by atoms with Crippen molar-refractivity contribution in [2.24, 2.45) is 0 Å². The average molecular weight is 274 g/mol. The Morgan fingerprint density at radius 2 is 1.95 bits per heavy atom. The monoisotopic (exact) mass is 274 g/mol. The average Bonchev–Trinajstić information content (AvgIpc) is 2.44. The Morgan fingerprint density at radius 3 is 2.65 bits per heavy atom. The second kappa shape index (κ2) is 6.56. The second-order valence-corrected chi connectivity index (χ2v) is 4.18. The van der Waals surface area contributed by atoms with Gasteiger partial charge in [0, 0.05) is 17.3 Å². The molecule has 2 rings (SSSR count). The number of nitrogen functional groups attached to an aromatic ring is 1. The Kier molecular flexibility index (Phi) is 4.55. The summed E-state index contributed by atoms with van der Waals surface area (Å²) in [7, 11) is 0. The number of ether oxygens (including phenoxy) is 1. The summed E-state index contributed by atoms with van der Waals surface area (Å²) >= 11 is 0. The van der Waals surface area contributed by atoms with Crippen molar-refractivity contribution in [1.82, 2.24) is 5.32 Å². The molecule has 0 bridgehead atoms. The Hall–Kier alpha value is -2.56. The topological polar surface area (TPSA) is 64.4 Å². The summed E-state index contributed by atoms with van der Waals surface area (Å²) in [6.45, 7) is 0.601. The Bertz CT molecular complexity index is 585. The third-order valence-electron chi connectivity index (χ3n) is 2.63. The highest BCUT2D eigenvalue weighted by atomic mass is 19.1. The first-order valence-corrected chi connectivity index (χ1v) is 6.17. The third kappa shape index (κ3) is 3.98. The molecular formula is C15H15FN2O2. The van der Waals surface area contributed by atoms with E-state index in [2.05, 4.69) is 5.32 Å². The summed E-state index contributed by atoms with van der Waals surface area (Å²) in [5.74, 6) is -0.118. The molecule has 4 nitrogen and oxygen atoms in total. The zero-order valence-corrected chi connectivity index (χ0v) is 10.8. The molecule has 0 spiro atoms. The quantitative estimate of drug-likeness (QED) is 0.649. The van der Waals surface area contributed by atoms with Crippen molar-refractivity contribution >= 4 is 11.6 Å². The van der Waals surface area contributed by atoms with Gasteiger partial charge in [0.1, 0.15) is 18.2 Å². The van der Waals surface area contributed by atoms with Crippen LogP contribution in [0.5, 0.6) is 5.75 Å². The van der Waals surface area contributed by atoms with E-state index in [1.165, 1.54) is 12.1 Å². The smallest absolute Gasteiger partial charge is 0.251 e. The second-order valence-electron chi connectivity index (χ2n) is 4.18. The van der Waals surface area contributed by atoms with Crippen molar-refractivity contribution in [2.45, 2.75) is 0 Å². The molecule has 2 aromatic rings. The maximum atomic E-state index is 12.9. The lowest BCUT2D eigenvalue weighted by Crippen LogP contribution is -2.28. The normalized spacial score (nSPS) is 10.1. The predicted octanol–water partition coefficient (Wildman–Crippen LogP) is 2.22. The van der Waals surface area contributed by atoms with Crippen LogP contribution in [0.1, 0.15) is 10.4 Å². The molecule has 104 valence electrons. The molecule has 0 aromatic heterocycles. The number of halogens is 1. The van der Waals surface area contributed by atoms with E-state index in [0.29, 0.717) is 23.5 Å². The molecule has 0 aliphatic rings. The molecular weight excluding hydrogens is 259 g/mol. The summed E-state index contributed by atoms with van der Waals surface area (Å²) in [6.07, 6.45) is 0. The summed E-state index contributed by atoms with van der Waals surface area (Å²) in [5, 5.41) is 2.70. The van der Waals surface area contributed by atoms with Crippen LogP contribution in [0.15, 0.2) is 48.5 Å². The molecule has 2 aromatic carbocycles. The van der Waals surface area contributed by atoms with Crippen LogP contribution in [0.4, 0.5) is 10.1 Å². The lowest BCUT2D eigenvalue weighted by Gasteiger charge is -2.08. The summed E-state index contributed by atoms with van der Waals surface area (Å²) in [4.78, 5) is 11.8. The molecule has 0 saturated heterocycles. The summed E-state index contributed by atoms with van der Waals surface area (Å²) in [6, 6.07) is 12.5. The maximum Gasteiger partial charge on any atom is 0.251 e. The largest absolute Gasteiger partial charge is 0.492 e. The first kappa shape index (κ1) is 13.9. The van der Waals surface area contributed by atoms with Crippen molar-refractivity contribution in [3.63, 3.8) is 0 Å². The van der Waals surface area contributed by atoms with Gasteiger partial charge >= 0.3 is 0 Å². The maximum absolute atomic E-state index is 12.9. The molecule has 0 atom stereocenters. The fourth-order valence-corrected chi connectivity index (χ4v) is 1.63. The first-order valence-electron chi connectivity index (χ1n) is 6.17. The van der Waals surface area contributed by atoms with E-state index in [-0.39, 0.29) is 18.3 Å². The van der Waals surface area contributed by atoms with Gasteiger partial charge in [0.05, 0.1) is 6.54 Å². The Balaban J connectivity index is 1.76. The molecule has 0 aliphatic carbocycles. The van der Waals surface area contributed by atoms with Crippen molar-refractivity contribution in [2.75, 3.05) is 18.9 Å². The van der Waals surface area contributed by atoms with Crippen LogP contribution in [-0.2, 0) is 0 Å². The van der Waals surface area contributed by atoms with E-state index >= 15 is 0 Å². The van der Waals surface area contributed by atoms with Crippen LogP contribution < -0.4 is 15.8 Å². The van der Waals surface area contributed by atoms with Gasteiger partial charge in [0.15, 0.2) is 0 Å². The number of amides is 1. The highest BCUT2D eigenvalue weighted by Gasteiger charge is 2.04. The standard InChI is InChI=1S/C15H15FN2O2/c16-12-2-1-3-14(10-12)20-9-8-18-15(19)11-4-6-13(17)7-5-11/h1-7,10H,8-9,17H2,(H,18,19). The van der Waals surface area contributed by atoms with Gasteiger partial charge in [-0.25, -0.2) is 4.39 Å². The van der Waals surface area contributed by atoms with Crippen LogP contribution in [0.3, 0.4) is 0 Å². The minimum Gasteiger partial charge on any atom is -0.492 e. The molecule has 1 amide bonds. The van der Waals surface area contributed by atoms with Crippen molar-refractivity contribution < 1.29 is 13.9 Å². The molecule has 0 saturated carbocycles. The third-order valence-corrected chi connectivity index (χ3v) is 2.63. The van der Waals surface area contributed by atoms with Crippen molar-refractivity contribution in [1.29, 1.82) is 0 Å². The SMILES string of the molecule is Nc1ccc(C(=O)NCCOc2cccc(F)c2)cc1. The fourth-order valence-electron chi connectivity index (χ4n) is 1.63. The molecule has 20 heavy (non-hydrogen) atoms. The minimum atomic E-state index is -0.353. The van der Waals surface area contributed by atoms with Gasteiger partial charge in [-0.2, -0.15) is 0 Å². The number of carbonyl (C=O) groups is 1. The lowest BCUT2D eigenvalue weighted by molar-refractivity contribution is 0.0947. The van der Waals surface area contributed by atoms with Gasteiger partial charge in [-0.1, -0.05) is 6.07 Å². The molecule has 0 heterocycles. The van der Waals surface area contributed by atoms with Gasteiger partial charge in [-0.3, -0.25) is 4.79 Å². The Morgan fingerprint density at radius 1 is 1.20 bits per heavy atom. The highest BCUT2D eigenvalue weighted by molar-refractivity contribution is 5.94. The molecule has 5 heteroatoms. The van der Waals surface area contributed by atoms with Crippen LogP contribution in [0.2, 0.25) is 0 Å². The predicted molar refractivity (Wildman–Crippen MR) is 75.1 cm³/mol. The number of nitrogens with two attached hydrogens (primary N) is 1. The van der Waals surface area contributed by atoms with Crippen LogP contribution in [0, 0.1) is 5.82 Å². The molecule has 0 fully saturated rings. The number of hydrogen-bond acceptors (Lipinski definition) is 3. The van der Waals surface area contributed by atoms with Crippen molar-refractivity contribution in [3.8, 4) is 5.75 Å². The van der Waals surface area contributed by atoms with E-state index in [9.17, 15) is 9.18 Å². The van der Waals surface area contributed by atoms with E-state index < -0.39 is 0 Å². The molecule has 0 aliphatic heterocycles. The first-order chi connectivity index (χ1) is 9.65. The fraction of sp³-hybridized carbons (Fsp3) is 0.133. The number of rotatable bonds is 5. The van der Waals surface area contributed by atoms with Crippen LogP contribution >= 0.6 is 0 Å². The number of benzene rings is 2. The van der Waals surface area contributed by atoms with Gasteiger partial charge in [0.2, 0.25) is 0 Å². The number of carbonyl (C=O) groups excluding carboxylic acids is 1. The summed E-state index contributed by atoms with van der Waals surface area (Å²) in [5.41, 5.74) is 6.68. The highest BCUT2D eigenvalue weighted by Crippen LogP contribution is 2.11. The van der Waals surface area contributed by atoms with Crippen molar-refractivity contribution in [3.05, 3.63) is 59.9 Å². The molecule has 0 radical (unpaired) electrons. The van der Waals surface area contributed by atoms with Gasteiger partial charge in [-0.15, -0.1) is 0 Å². The van der Waals surface area contributed by atoms with Crippen LogP contribution in [-0.4, -0.2) is 19.1 Å². The summed E-state index contributed by atoms with van der Waals surface area (Å²) < 4.78 is 18.2.